The van der Waals surface area contributed by atoms with Crippen LogP contribution in [0.25, 0.3) is 0 Å². The van der Waals surface area contributed by atoms with Gasteiger partial charge < -0.3 is 15.7 Å². The molecule has 1 atom stereocenters. The van der Waals surface area contributed by atoms with Crippen molar-refractivity contribution < 1.29 is 5.11 Å². The maximum atomic E-state index is 9.33. The molecular weight excluding hydrogens is 176 g/mol. The Hall–Kier alpha value is -0.120. The molecule has 0 aromatic heterocycles. The van der Waals surface area contributed by atoms with Crippen molar-refractivity contribution in [3.63, 3.8) is 0 Å². The van der Waals surface area contributed by atoms with Crippen LogP contribution in [-0.2, 0) is 0 Å². The van der Waals surface area contributed by atoms with Crippen LogP contribution < -0.4 is 5.73 Å². The van der Waals surface area contributed by atoms with Gasteiger partial charge in [0.1, 0.15) is 0 Å². The zero-order valence-electron chi connectivity index (χ0n) is 9.66. The van der Waals surface area contributed by atoms with Gasteiger partial charge >= 0.3 is 0 Å². The Kier molecular flexibility index (Phi) is 3.93. The molecule has 3 N–H and O–H groups in total. The molecule has 0 aliphatic heterocycles. The highest BCUT2D eigenvalue weighted by Gasteiger charge is 2.42. The van der Waals surface area contributed by atoms with Gasteiger partial charge in [-0.3, -0.25) is 0 Å². The molecule has 1 aliphatic carbocycles. The van der Waals surface area contributed by atoms with Gasteiger partial charge in [-0.25, -0.2) is 0 Å². The Labute approximate surface area is 87.3 Å². The third-order valence-electron chi connectivity index (χ3n) is 2.93. The Morgan fingerprint density at radius 3 is 2.43 bits per heavy atom. The van der Waals surface area contributed by atoms with Crippen LogP contribution in [0.3, 0.4) is 0 Å². The summed E-state index contributed by atoms with van der Waals surface area (Å²) >= 11 is 0. The second kappa shape index (κ2) is 4.60. The van der Waals surface area contributed by atoms with Crippen molar-refractivity contribution in [3.8, 4) is 0 Å². The van der Waals surface area contributed by atoms with E-state index in [0.29, 0.717) is 11.8 Å². The van der Waals surface area contributed by atoms with Crippen molar-refractivity contribution in [3.05, 3.63) is 0 Å². The summed E-state index contributed by atoms with van der Waals surface area (Å²) in [6.45, 7) is 6.37. The van der Waals surface area contributed by atoms with Crippen molar-refractivity contribution in [2.75, 3.05) is 26.7 Å². The molecule has 0 amide bonds. The summed E-state index contributed by atoms with van der Waals surface area (Å²) in [6.07, 6.45) is 2.37. The quantitative estimate of drug-likeness (QED) is 0.663. The van der Waals surface area contributed by atoms with Crippen LogP contribution in [0.2, 0.25) is 0 Å². The lowest BCUT2D eigenvalue weighted by atomic mass is 9.95. The zero-order chi connectivity index (χ0) is 10.8. The lowest BCUT2D eigenvalue weighted by Crippen LogP contribution is -2.54. The van der Waals surface area contributed by atoms with Crippen molar-refractivity contribution in [2.45, 2.75) is 32.2 Å². The number of nitrogens with zero attached hydrogens (tertiary/aromatic N) is 1. The van der Waals surface area contributed by atoms with E-state index in [0.717, 1.165) is 13.1 Å². The van der Waals surface area contributed by atoms with E-state index in [4.69, 9.17) is 5.73 Å². The molecule has 0 spiro atoms. The fourth-order valence-corrected chi connectivity index (χ4v) is 2.16. The SMILES string of the molecule is CC(C)CN(C)CC(N)(CO)C1CC1. The third-order valence-corrected chi connectivity index (χ3v) is 2.93. The van der Waals surface area contributed by atoms with Gasteiger partial charge in [-0.1, -0.05) is 13.8 Å². The van der Waals surface area contributed by atoms with E-state index in [-0.39, 0.29) is 12.1 Å². The minimum atomic E-state index is -0.357. The summed E-state index contributed by atoms with van der Waals surface area (Å²) < 4.78 is 0. The van der Waals surface area contributed by atoms with Crippen molar-refractivity contribution in [1.29, 1.82) is 0 Å². The first kappa shape index (κ1) is 12.0. The topological polar surface area (TPSA) is 49.5 Å². The van der Waals surface area contributed by atoms with Crippen LogP contribution in [0, 0.1) is 11.8 Å². The smallest absolute Gasteiger partial charge is 0.0626 e. The Morgan fingerprint density at radius 2 is 2.07 bits per heavy atom. The first-order chi connectivity index (χ1) is 6.48. The number of nitrogens with two attached hydrogens (primary N) is 1. The fraction of sp³-hybridized carbons (Fsp3) is 1.00. The third kappa shape index (κ3) is 3.23. The highest BCUT2D eigenvalue weighted by molar-refractivity contribution is 5.00. The number of rotatable bonds is 6. The van der Waals surface area contributed by atoms with Gasteiger partial charge in [0, 0.05) is 13.1 Å². The highest BCUT2D eigenvalue weighted by atomic mass is 16.3. The minimum absolute atomic E-state index is 0.111. The maximum absolute atomic E-state index is 9.33. The van der Waals surface area contributed by atoms with E-state index in [2.05, 4.69) is 25.8 Å². The van der Waals surface area contributed by atoms with E-state index in [1.807, 2.05) is 0 Å². The predicted molar refractivity (Wildman–Crippen MR) is 59.1 cm³/mol. The molecule has 0 heterocycles. The molecular formula is C11H24N2O. The predicted octanol–water partition coefficient (Wildman–Crippen LogP) is 0.674. The van der Waals surface area contributed by atoms with E-state index in [1.54, 1.807) is 0 Å². The average Bonchev–Trinajstić information content (AvgIpc) is 2.84. The van der Waals surface area contributed by atoms with Crippen LogP contribution in [0.15, 0.2) is 0 Å². The molecule has 1 unspecified atom stereocenters. The van der Waals surface area contributed by atoms with Crippen LogP contribution in [0.5, 0.6) is 0 Å². The molecule has 1 rings (SSSR count). The van der Waals surface area contributed by atoms with E-state index in [9.17, 15) is 5.11 Å². The maximum Gasteiger partial charge on any atom is 0.0626 e. The Balaban J connectivity index is 2.39. The molecule has 84 valence electrons. The van der Waals surface area contributed by atoms with Gasteiger partial charge in [-0.05, 0) is 31.7 Å². The van der Waals surface area contributed by atoms with Gasteiger partial charge in [0.05, 0.1) is 12.1 Å². The molecule has 14 heavy (non-hydrogen) atoms. The zero-order valence-corrected chi connectivity index (χ0v) is 9.66. The molecule has 0 bridgehead atoms. The van der Waals surface area contributed by atoms with Crippen molar-refractivity contribution >= 4 is 0 Å². The molecule has 0 saturated heterocycles. The minimum Gasteiger partial charge on any atom is -0.394 e. The van der Waals surface area contributed by atoms with Gasteiger partial charge in [0.25, 0.3) is 0 Å². The average molecular weight is 200 g/mol. The van der Waals surface area contributed by atoms with Crippen LogP contribution in [-0.4, -0.2) is 42.3 Å². The summed E-state index contributed by atoms with van der Waals surface area (Å²) in [5.41, 5.74) is 5.83. The molecule has 3 heteroatoms. The number of hydrogen-bond donors (Lipinski definition) is 2. The number of likely N-dealkylation sites (N-methyl/N-ethyl adjacent to an activating group) is 1. The van der Waals surface area contributed by atoms with Crippen LogP contribution in [0.1, 0.15) is 26.7 Å². The van der Waals surface area contributed by atoms with Gasteiger partial charge in [-0.2, -0.15) is 0 Å². The monoisotopic (exact) mass is 200 g/mol. The number of hydrogen-bond acceptors (Lipinski definition) is 3. The molecule has 0 radical (unpaired) electrons. The normalized spacial score (nSPS) is 21.6. The lowest BCUT2D eigenvalue weighted by molar-refractivity contribution is 0.128. The fourth-order valence-electron chi connectivity index (χ4n) is 2.16. The molecule has 3 nitrogen and oxygen atoms in total. The first-order valence-corrected chi connectivity index (χ1v) is 5.56. The number of aliphatic hydroxyl groups excluding tert-OH is 1. The molecule has 1 aliphatic rings. The van der Waals surface area contributed by atoms with E-state index < -0.39 is 0 Å². The van der Waals surface area contributed by atoms with Gasteiger partial charge in [0.15, 0.2) is 0 Å². The van der Waals surface area contributed by atoms with Crippen LogP contribution in [0.4, 0.5) is 0 Å². The van der Waals surface area contributed by atoms with Crippen molar-refractivity contribution in [1.82, 2.24) is 4.90 Å². The molecule has 1 saturated carbocycles. The molecule has 0 aromatic carbocycles. The molecule has 1 fully saturated rings. The van der Waals surface area contributed by atoms with E-state index in [1.165, 1.54) is 12.8 Å². The molecule has 0 aromatic rings. The number of aliphatic hydroxyl groups is 1. The van der Waals surface area contributed by atoms with Crippen LogP contribution >= 0.6 is 0 Å². The van der Waals surface area contributed by atoms with E-state index >= 15 is 0 Å². The van der Waals surface area contributed by atoms with Gasteiger partial charge in [0.2, 0.25) is 0 Å². The largest absolute Gasteiger partial charge is 0.394 e. The summed E-state index contributed by atoms with van der Waals surface area (Å²) in [5, 5.41) is 9.33. The summed E-state index contributed by atoms with van der Waals surface area (Å²) in [5.74, 6) is 1.20. The first-order valence-electron chi connectivity index (χ1n) is 5.56. The highest BCUT2D eigenvalue weighted by Crippen LogP contribution is 2.38. The Morgan fingerprint density at radius 1 is 1.50 bits per heavy atom. The summed E-state index contributed by atoms with van der Waals surface area (Å²) in [7, 11) is 2.08. The summed E-state index contributed by atoms with van der Waals surface area (Å²) in [4.78, 5) is 2.24. The van der Waals surface area contributed by atoms with Gasteiger partial charge in [-0.15, -0.1) is 0 Å². The second-order valence-electron chi connectivity index (χ2n) is 5.26. The summed E-state index contributed by atoms with van der Waals surface area (Å²) in [6, 6.07) is 0. The van der Waals surface area contributed by atoms with Crippen molar-refractivity contribution in [2.24, 2.45) is 17.6 Å². The Bertz CT molecular complexity index is 180. The standard InChI is InChI=1S/C11H24N2O/c1-9(2)6-13(3)7-11(12,8-14)10-4-5-10/h9-10,14H,4-8,12H2,1-3H3. The lowest BCUT2D eigenvalue weighted by Gasteiger charge is -2.33. The second-order valence-corrected chi connectivity index (χ2v) is 5.26.